The van der Waals surface area contributed by atoms with Crippen molar-refractivity contribution in [2.24, 2.45) is 10.9 Å². The number of hydrogen-bond donors (Lipinski definition) is 2. The maximum absolute atomic E-state index is 12.0. The number of ether oxygens (including phenoxy) is 2. The quantitative estimate of drug-likeness (QED) is 0.453. The molecule has 0 bridgehead atoms. The van der Waals surface area contributed by atoms with Crippen LogP contribution in [0.3, 0.4) is 0 Å². The Morgan fingerprint density at radius 1 is 1.32 bits per heavy atom. The molecule has 0 saturated heterocycles. The van der Waals surface area contributed by atoms with E-state index >= 15 is 0 Å². The molecular weight excluding hydrogens is 310 g/mol. The highest BCUT2D eigenvalue weighted by Gasteiger charge is 2.16. The molecule has 0 fully saturated rings. The summed E-state index contributed by atoms with van der Waals surface area (Å²) in [4.78, 5) is 17.0. The van der Waals surface area contributed by atoms with E-state index in [9.17, 15) is 4.79 Å². The molecule has 8 heteroatoms. The average Bonchev–Trinajstić information content (AvgIpc) is 2.51. The van der Waals surface area contributed by atoms with E-state index in [4.69, 9.17) is 31.6 Å². The van der Waals surface area contributed by atoms with E-state index in [0.29, 0.717) is 16.5 Å². The largest absolute Gasteiger partial charge is 0.495 e. The Kier molecular flexibility index (Phi) is 6.94. The lowest BCUT2D eigenvalue weighted by molar-refractivity contribution is -0.126. The number of oxime groups is 1. The number of nitrogens with one attached hydrogen (secondary N) is 1. The first-order valence-corrected chi connectivity index (χ1v) is 6.93. The van der Waals surface area contributed by atoms with Gasteiger partial charge in [-0.25, -0.2) is 0 Å². The van der Waals surface area contributed by atoms with Gasteiger partial charge in [0.15, 0.2) is 5.84 Å². The van der Waals surface area contributed by atoms with E-state index < -0.39 is 12.2 Å². The molecule has 0 spiro atoms. The second-order valence-electron chi connectivity index (χ2n) is 4.48. The van der Waals surface area contributed by atoms with Gasteiger partial charge in [-0.2, -0.15) is 0 Å². The van der Waals surface area contributed by atoms with Crippen LogP contribution in [0.15, 0.2) is 23.4 Å². The first-order chi connectivity index (χ1) is 10.4. The fourth-order valence-electron chi connectivity index (χ4n) is 1.37. The number of nitrogens with two attached hydrogens (primary N) is 1. The minimum atomic E-state index is -0.830. The third kappa shape index (κ3) is 5.09. The zero-order chi connectivity index (χ0) is 16.7. The van der Waals surface area contributed by atoms with Crippen LogP contribution in [0.25, 0.3) is 0 Å². The number of amides is 1. The molecule has 0 aromatic heterocycles. The second kappa shape index (κ2) is 8.45. The summed E-state index contributed by atoms with van der Waals surface area (Å²) in [5, 5.41) is 6.71. The summed E-state index contributed by atoms with van der Waals surface area (Å²) in [5.41, 5.74) is 6.14. The predicted octanol–water partition coefficient (Wildman–Crippen LogP) is 2.00. The maximum atomic E-state index is 12.0. The van der Waals surface area contributed by atoms with Crippen molar-refractivity contribution in [3.63, 3.8) is 0 Å². The standard InChI is InChI=1S/C14H20ClN3O4/c1-8(20-3)13(16)18-22-9(2)14(19)17-10-5-6-12(21-4)11(15)7-10/h5-9H,1-4H3,(H2,16,18)(H,17,19). The number of benzene rings is 1. The van der Waals surface area contributed by atoms with E-state index in [0.717, 1.165) is 0 Å². The van der Waals surface area contributed by atoms with Crippen molar-refractivity contribution in [3.05, 3.63) is 23.2 Å². The lowest BCUT2D eigenvalue weighted by Crippen LogP contribution is -2.31. The molecule has 1 rings (SSSR count). The van der Waals surface area contributed by atoms with Gasteiger partial charge in [0.05, 0.1) is 12.1 Å². The van der Waals surface area contributed by atoms with Crippen LogP contribution in [-0.4, -0.2) is 38.2 Å². The molecule has 7 nitrogen and oxygen atoms in total. The van der Waals surface area contributed by atoms with Crippen LogP contribution in [0, 0.1) is 0 Å². The molecule has 0 radical (unpaired) electrons. The zero-order valence-electron chi connectivity index (χ0n) is 12.9. The lowest BCUT2D eigenvalue weighted by Gasteiger charge is -2.13. The van der Waals surface area contributed by atoms with Crippen LogP contribution >= 0.6 is 11.6 Å². The molecule has 3 N–H and O–H groups in total. The van der Waals surface area contributed by atoms with Crippen molar-refractivity contribution >= 4 is 29.0 Å². The molecule has 0 saturated carbocycles. The van der Waals surface area contributed by atoms with Crippen LogP contribution in [0.2, 0.25) is 5.02 Å². The first-order valence-electron chi connectivity index (χ1n) is 6.55. The van der Waals surface area contributed by atoms with E-state index in [-0.39, 0.29) is 11.7 Å². The Balaban J connectivity index is 2.63. The van der Waals surface area contributed by atoms with Crippen LogP contribution in [0.1, 0.15) is 13.8 Å². The summed E-state index contributed by atoms with van der Waals surface area (Å²) >= 11 is 5.99. The zero-order valence-corrected chi connectivity index (χ0v) is 13.7. The van der Waals surface area contributed by atoms with Crippen molar-refractivity contribution in [2.45, 2.75) is 26.1 Å². The van der Waals surface area contributed by atoms with Crippen molar-refractivity contribution < 1.29 is 19.1 Å². The molecule has 2 unspecified atom stereocenters. The molecule has 1 aromatic rings. The molecule has 22 heavy (non-hydrogen) atoms. The minimum Gasteiger partial charge on any atom is -0.495 e. The van der Waals surface area contributed by atoms with Gasteiger partial charge in [-0.3, -0.25) is 4.79 Å². The Labute approximate surface area is 134 Å². The Morgan fingerprint density at radius 3 is 2.55 bits per heavy atom. The van der Waals surface area contributed by atoms with Crippen molar-refractivity contribution in [1.82, 2.24) is 0 Å². The van der Waals surface area contributed by atoms with Gasteiger partial charge < -0.3 is 25.4 Å². The van der Waals surface area contributed by atoms with Gasteiger partial charge in [0.2, 0.25) is 6.10 Å². The van der Waals surface area contributed by atoms with Gasteiger partial charge in [-0.15, -0.1) is 0 Å². The van der Waals surface area contributed by atoms with Crippen LogP contribution in [0.4, 0.5) is 5.69 Å². The van der Waals surface area contributed by atoms with Crippen molar-refractivity contribution in [1.29, 1.82) is 0 Å². The van der Waals surface area contributed by atoms with E-state index in [2.05, 4.69) is 10.5 Å². The molecule has 0 aliphatic carbocycles. The van der Waals surface area contributed by atoms with E-state index in [1.807, 2.05) is 0 Å². The SMILES string of the molecule is COc1ccc(NC(=O)C(C)O/N=C(\N)C(C)OC)cc1Cl. The molecule has 1 aromatic carbocycles. The van der Waals surface area contributed by atoms with Gasteiger partial charge in [0.25, 0.3) is 5.91 Å². The number of methoxy groups -OCH3 is 2. The van der Waals surface area contributed by atoms with Gasteiger partial charge in [-0.1, -0.05) is 16.8 Å². The van der Waals surface area contributed by atoms with Gasteiger partial charge in [-0.05, 0) is 32.0 Å². The number of carbonyl (C=O) groups is 1. The van der Waals surface area contributed by atoms with Gasteiger partial charge >= 0.3 is 0 Å². The van der Waals surface area contributed by atoms with Crippen LogP contribution in [-0.2, 0) is 14.4 Å². The lowest BCUT2D eigenvalue weighted by atomic mass is 10.3. The molecule has 122 valence electrons. The smallest absolute Gasteiger partial charge is 0.267 e. The van der Waals surface area contributed by atoms with Crippen LogP contribution < -0.4 is 15.8 Å². The van der Waals surface area contributed by atoms with Gasteiger partial charge in [0, 0.05) is 12.8 Å². The summed E-state index contributed by atoms with van der Waals surface area (Å²) in [6, 6.07) is 4.90. The number of amidine groups is 1. The van der Waals surface area contributed by atoms with Gasteiger partial charge in [0.1, 0.15) is 11.9 Å². The third-order valence-electron chi connectivity index (χ3n) is 2.87. The fourth-order valence-corrected chi connectivity index (χ4v) is 1.63. The summed E-state index contributed by atoms with van der Waals surface area (Å²) < 4.78 is 10.0. The van der Waals surface area contributed by atoms with Crippen molar-refractivity contribution in [3.8, 4) is 5.75 Å². The highest BCUT2D eigenvalue weighted by molar-refractivity contribution is 6.32. The highest BCUT2D eigenvalue weighted by atomic mass is 35.5. The number of carbonyl (C=O) groups excluding carboxylic acids is 1. The molecule has 0 heterocycles. The Hall–Kier alpha value is -1.99. The fraction of sp³-hybridized carbons (Fsp3) is 0.429. The normalized spacial score (nSPS) is 14.1. The van der Waals surface area contributed by atoms with Crippen molar-refractivity contribution in [2.75, 3.05) is 19.5 Å². The monoisotopic (exact) mass is 329 g/mol. The second-order valence-corrected chi connectivity index (χ2v) is 4.89. The predicted molar refractivity (Wildman–Crippen MR) is 85.3 cm³/mol. The number of halogens is 1. The van der Waals surface area contributed by atoms with E-state index in [1.165, 1.54) is 14.2 Å². The summed E-state index contributed by atoms with van der Waals surface area (Å²) in [5.74, 6) is 0.285. The molecule has 0 aliphatic heterocycles. The average molecular weight is 330 g/mol. The van der Waals surface area contributed by atoms with Crippen LogP contribution in [0.5, 0.6) is 5.75 Å². The molecule has 0 aliphatic rings. The van der Waals surface area contributed by atoms with E-state index in [1.54, 1.807) is 32.0 Å². The third-order valence-corrected chi connectivity index (χ3v) is 3.17. The number of anilines is 1. The summed E-state index contributed by atoms with van der Waals surface area (Å²) in [6.45, 7) is 3.26. The minimum absolute atomic E-state index is 0.148. The molecule has 2 atom stereocenters. The Morgan fingerprint density at radius 2 is 2.00 bits per heavy atom. The summed E-state index contributed by atoms with van der Waals surface area (Å²) in [7, 11) is 3.01. The first kappa shape index (κ1) is 18.1. The molecule has 1 amide bonds. The molecular formula is C14H20ClN3O4. The summed E-state index contributed by atoms with van der Waals surface area (Å²) in [6.07, 6.45) is -1.22. The number of hydrogen-bond acceptors (Lipinski definition) is 5. The highest BCUT2D eigenvalue weighted by Crippen LogP contribution is 2.27. The Bertz CT molecular complexity index is 551. The number of rotatable bonds is 7. The maximum Gasteiger partial charge on any atom is 0.267 e. The topological polar surface area (TPSA) is 95.2 Å². The number of nitrogens with zero attached hydrogens (tertiary/aromatic N) is 1.